The number of nitrogens with one attached hydrogen (secondary N) is 12. The van der Waals surface area contributed by atoms with E-state index in [0.717, 1.165) is 0 Å². The Morgan fingerprint density at radius 1 is 0.282 bits per heavy atom. The number of carbonyl (C=O) groups excluding carboxylic acids is 6. The zero-order chi connectivity index (χ0) is 58.4. The van der Waals surface area contributed by atoms with Gasteiger partial charge in [0.05, 0.1) is 0 Å². The maximum absolute atomic E-state index is 14.0. The summed E-state index contributed by atoms with van der Waals surface area (Å²) in [6, 6.07) is 0. The summed E-state index contributed by atoms with van der Waals surface area (Å²) >= 11 is 0. The lowest BCUT2D eigenvalue weighted by molar-refractivity contribution is -0.209. The van der Waals surface area contributed by atoms with Crippen LogP contribution in [0, 0.1) is 32.5 Å². The van der Waals surface area contributed by atoms with Crippen molar-refractivity contribution in [3.8, 4) is 0 Å². The molecule has 78 heavy (non-hydrogen) atoms. The van der Waals surface area contributed by atoms with Crippen LogP contribution in [0.25, 0.3) is 0 Å². The van der Waals surface area contributed by atoms with Crippen LogP contribution < -0.4 is 66.3 Å². The van der Waals surface area contributed by atoms with Crippen LogP contribution in [0.1, 0.15) is 154 Å². The van der Waals surface area contributed by atoms with Crippen LogP contribution in [0.15, 0.2) is 0 Å². The van der Waals surface area contributed by atoms with E-state index in [1.165, 1.54) is 0 Å². The molecule has 0 saturated carbocycles. The topological polar surface area (TPSA) is 529 Å². The molecule has 0 aromatic rings. The Kier molecular flexibility index (Phi) is 41.2. The van der Waals surface area contributed by atoms with Crippen molar-refractivity contribution >= 4 is 71.6 Å². The molecule has 0 amide bonds. The molecule has 0 saturated heterocycles. The zero-order valence-electron chi connectivity index (χ0n) is 45.3. The van der Waals surface area contributed by atoms with E-state index in [1.807, 2.05) is 0 Å². The van der Waals surface area contributed by atoms with Crippen LogP contribution in [0.5, 0.6) is 0 Å². The molecule has 0 aliphatic heterocycles. The Morgan fingerprint density at radius 2 is 0.474 bits per heavy atom. The van der Waals surface area contributed by atoms with Crippen molar-refractivity contribution in [3.63, 3.8) is 0 Å². The number of rotatable bonds is 47. The Bertz CT molecular complexity index is 1720. The first-order valence-electron chi connectivity index (χ1n) is 26.8. The summed E-state index contributed by atoms with van der Waals surface area (Å²) in [6.07, 6.45) is -0.0478. The highest BCUT2D eigenvalue weighted by Crippen LogP contribution is 2.24. The molecule has 30 heteroatoms. The molecular weight excluding hydrogens is 1020 g/mol. The normalized spacial score (nSPS) is 12.2. The number of ether oxygens (including phenoxy) is 6. The van der Waals surface area contributed by atoms with Crippen molar-refractivity contribution in [1.82, 2.24) is 31.9 Å². The first kappa shape index (κ1) is 70.4. The van der Waals surface area contributed by atoms with Gasteiger partial charge in [0.15, 0.2) is 60.2 Å². The van der Waals surface area contributed by atoms with Gasteiger partial charge in [-0.25, -0.2) is 0 Å². The molecule has 30 nitrogen and oxygen atoms in total. The fourth-order valence-corrected chi connectivity index (χ4v) is 7.24. The predicted molar refractivity (Wildman–Crippen MR) is 292 cm³/mol. The summed E-state index contributed by atoms with van der Waals surface area (Å²) in [5.74, 6) is -6.11. The highest BCUT2D eigenvalue weighted by atomic mass is 16.6. The second kappa shape index (κ2) is 45.6. The van der Waals surface area contributed by atoms with Crippen LogP contribution >= 0.6 is 0 Å². The van der Waals surface area contributed by atoms with E-state index in [0.29, 0.717) is 142 Å². The molecule has 0 spiro atoms. The molecule has 0 aromatic carbocycles. The molecule has 0 heterocycles. The minimum absolute atomic E-state index is 0.0907. The molecule has 0 radical (unpaired) electrons. The first-order chi connectivity index (χ1) is 37.2. The molecule has 0 aromatic heterocycles. The van der Waals surface area contributed by atoms with Gasteiger partial charge >= 0.3 is 35.8 Å². The number of hydrogen-bond donors (Lipinski definition) is 18. The summed E-state index contributed by atoms with van der Waals surface area (Å²) in [5, 5.41) is 60.4. The van der Waals surface area contributed by atoms with Gasteiger partial charge < -0.3 is 94.7 Å². The molecule has 24 N–H and O–H groups in total. The molecule has 4 atom stereocenters. The highest BCUT2D eigenvalue weighted by molar-refractivity contribution is 5.76. The van der Waals surface area contributed by atoms with Crippen molar-refractivity contribution in [2.24, 2.45) is 34.4 Å². The van der Waals surface area contributed by atoms with Crippen molar-refractivity contribution in [3.05, 3.63) is 0 Å². The summed E-state index contributed by atoms with van der Waals surface area (Å²) in [4.78, 5) is 82.4. The van der Waals surface area contributed by atoms with E-state index in [-0.39, 0.29) is 87.1 Å². The van der Waals surface area contributed by atoms with Gasteiger partial charge in [0.2, 0.25) is 0 Å². The number of hydrogen-bond acceptors (Lipinski definition) is 18. The van der Waals surface area contributed by atoms with Gasteiger partial charge in [-0.05, 0) is 77.0 Å². The van der Waals surface area contributed by atoms with Gasteiger partial charge in [0, 0.05) is 77.8 Å². The zero-order valence-corrected chi connectivity index (χ0v) is 45.3. The standard InChI is InChI=1S/C48H92N18O12/c49-43(50)61-25-13-1-7-19-35(67)73-31-33(75-37(69)21-9-3-15-27-63-45(53)54)41(77-39(71)23-11-5-17-29-65-47(57)58)42(78-40(72)24-12-6-18-30-66-48(59)60)34(76-38(70)22-10-4-16-28-64-46(55)56)32-74-36(68)20-8-2-14-26-62-44(51)52/h33-34,41-42H,1-32H2,(H4,49,50,61)(H4,51,52,62)(H4,53,54,63)(H4,55,56,64)(H4,57,58,65)(H4,59,60,66)/t33-,34+,41-,42-/m1/s1. The molecule has 0 unspecified atom stereocenters. The average Bonchev–Trinajstić information content (AvgIpc) is 3.36. The van der Waals surface area contributed by atoms with Crippen LogP contribution in [0.2, 0.25) is 0 Å². The number of nitrogens with two attached hydrogens (primary N) is 6. The molecule has 0 fully saturated rings. The smallest absolute Gasteiger partial charge is 0.306 e. The second-order valence-corrected chi connectivity index (χ2v) is 18.2. The van der Waals surface area contributed by atoms with E-state index in [2.05, 4.69) is 31.9 Å². The van der Waals surface area contributed by atoms with Gasteiger partial charge in [-0.1, -0.05) is 38.5 Å². The van der Waals surface area contributed by atoms with E-state index in [1.54, 1.807) is 0 Å². The van der Waals surface area contributed by atoms with Crippen molar-refractivity contribution in [1.29, 1.82) is 32.5 Å². The van der Waals surface area contributed by atoms with E-state index < -0.39 is 73.4 Å². The van der Waals surface area contributed by atoms with Crippen LogP contribution in [0.3, 0.4) is 0 Å². The fraction of sp³-hybridized carbons (Fsp3) is 0.750. The second-order valence-electron chi connectivity index (χ2n) is 18.2. The van der Waals surface area contributed by atoms with E-state index in [9.17, 15) is 28.8 Å². The fourth-order valence-electron chi connectivity index (χ4n) is 7.24. The van der Waals surface area contributed by atoms with Crippen LogP contribution in [-0.4, -0.2) is 148 Å². The number of unbranched alkanes of at least 4 members (excludes halogenated alkanes) is 12. The maximum Gasteiger partial charge on any atom is 0.306 e. The third-order valence-electron chi connectivity index (χ3n) is 11.2. The molecule has 0 bridgehead atoms. The number of guanidine groups is 6. The van der Waals surface area contributed by atoms with Gasteiger partial charge in [0.1, 0.15) is 13.2 Å². The molecule has 0 aliphatic rings. The predicted octanol–water partition coefficient (Wildman–Crippen LogP) is -0.0192. The van der Waals surface area contributed by atoms with Crippen molar-refractivity contribution in [2.45, 2.75) is 179 Å². The summed E-state index contributed by atoms with van der Waals surface area (Å²) in [7, 11) is 0. The Hall–Kier alpha value is -7.56. The number of carbonyl (C=O) groups is 6. The lowest BCUT2D eigenvalue weighted by Crippen LogP contribution is -2.54. The molecule has 446 valence electrons. The minimum Gasteiger partial charge on any atom is -0.462 e. The van der Waals surface area contributed by atoms with E-state index >= 15 is 0 Å². The average molecular weight is 1110 g/mol. The first-order valence-corrected chi connectivity index (χ1v) is 26.8. The molecule has 0 aliphatic carbocycles. The van der Waals surface area contributed by atoms with Gasteiger partial charge in [-0.15, -0.1) is 0 Å². The Balaban J connectivity index is 7.46. The number of esters is 6. The Labute approximate surface area is 457 Å². The van der Waals surface area contributed by atoms with Gasteiger partial charge in [-0.3, -0.25) is 61.2 Å². The van der Waals surface area contributed by atoms with E-state index in [4.69, 9.17) is 95.3 Å². The largest absolute Gasteiger partial charge is 0.462 e. The Morgan fingerprint density at radius 3 is 0.679 bits per heavy atom. The lowest BCUT2D eigenvalue weighted by Gasteiger charge is -2.36. The monoisotopic (exact) mass is 1110 g/mol. The van der Waals surface area contributed by atoms with Crippen molar-refractivity contribution < 1.29 is 57.2 Å². The molecular formula is C48H92N18O12. The summed E-state index contributed by atoms with van der Waals surface area (Å²) in [6.45, 7) is 0.749. The SMILES string of the molecule is N=C(N)NCCCCCC(=O)OC[C@H](OC(=O)CCCCCNC(=N)N)[C@@H](OC(=O)CCCCCNC(=N)N)[C@H](OC(=O)CCCCCNC(=N)N)[C@@H](COC(=O)CCCCCNC(=N)N)OC(=O)CCCCCNC(=N)N. The van der Waals surface area contributed by atoms with Crippen LogP contribution in [-0.2, 0) is 57.2 Å². The summed E-state index contributed by atoms with van der Waals surface area (Å²) in [5.41, 5.74) is 32.3. The van der Waals surface area contributed by atoms with Gasteiger partial charge in [-0.2, -0.15) is 0 Å². The maximum atomic E-state index is 14.0. The lowest BCUT2D eigenvalue weighted by atomic mass is 10.0. The van der Waals surface area contributed by atoms with Gasteiger partial charge in [0.25, 0.3) is 0 Å². The quantitative estimate of drug-likeness (QED) is 0.0125. The highest BCUT2D eigenvalue weighted by Gasteiger charge is 2.45. The summed E-state index contributed by atoms with van der Waals surface area (Å²) < 4.78 is 35.6. The minimum atomic E-state index is -1.86. The van der Waals surface area contributed by atoms with Crippen LogP contribution in [0.4, 0.5) is 0 Å². The third-order valence-corrected chi connectivity index (χ3v) is 11.2. The third kappa shape index (κ3) is 43.7. The molecule has 0 rings (SSSR count). The van der Waals surface area contributed by atoms with Crippen molar-refractivity contribution in [2.75, 3.05) is 52.5 Å².